The largest absolute Gasteiger partial charge is 0.417 e. The van der Waals surface area contributed by atoms with Gasteiger partial charge in [-0.05, 0) is 19.1 Å². The van der Waals surface area contributed by atoms with Crippen LogP contribution < -0.4 is 4.72 Å². The van der Waals surface area contributed by atoms with Crippen LogP contribution >= 0.6 is 0 Å². The molecular weight excluding hydrogens is 279 g/mol. The lowest BCUT2D eigenvalue weighted by Gasteiger charge is -2.08. The molecule has 0 unspecified atom stereocenters. The van der Waals surface area contributed by atoms with Crippen molar-refractivity contribution in [2.75, 3.05) is 12.3 Å². The van der Waals surface area contributed by atoms with Crippen LogP contribution in [0.25, 0.3) is 0 Å². The zero-order valence-corrected chi connectivity index (χ0v) is 10.9. The molecule has 0 amide bonds. The van der Waals surface area contributed by atoms with E-state index in [4.69, 9.17) is 0 Å². The van der Waals surface area contributed by atoms with Crippen molar-refractivity contribution in [2.45, 2.75) is 13.1 Å². The van der Waals surface area contributed by atoms with E-state index in [0.717, 1.165) is 6.07 Å². The lowest BCUT2D eigenvalue weighted by Crippen LogP contribution is -2.25. The summed E-state index contributed by atoms with van der Waals surface area (Å²) in [7, 11) is -3.39. The van der Waals surface area contributed by atoms with E-state index in [1.165, 1.54) is 25.1 Å². The second-order valence-electron chi connectivity index (χ2n) is 3.57. The molecule has 0 bridgehead atoms. The number of nitrogens with one attached hydrogen (secondary N) is 1. The maximum Gasteiger partial charge on any atom is 0.417 e. The van der Waals surface area contributed by atoms with E-state index in [1.807, 2.05) is 0 Å². The van der Waals surface area contributed by atoms with E-state index in [0.29, 0.717) is 0 Å². The van der Waals surface area contributed by atoms with E-state index >= 15 is 0 Å². The van der Waals surface area contributed by atoms with Gasteiger partial charge in [0.1, 0.15) is 0 Å². The summed E-state index contributed by atoms with van der Waals surface area (Å²) in [6, 6.07) is 4.88. The molecule has 7 heteroatoms. The Balaban J connectivity index is 2.85. The fraction of sp³-hybridized carbons (Fsp3) is 0.333. The second kappa shape index (κ2) is 6.08. The average Bonchev–Trinajstić information content (AvgIpc) is 2.34. The van der Waals surface area contributed by atoms with Crippen LogP contribution in [0, 0.1) is 11.8 Å². The van der Waals surface area contributed by atoms with Crippen LogP contribution in [-0.2, 0) is 16.2 Å². The van der Waals surface area contributed by atoms with Gasteiger partial charge in [0.2, 0.25) is 10.0 Å². The van der Waals surface area contributed by atoms with Crippen LogP contribution in [0.1, 0.15) is 18.1 Å². The molecule has 1 rings (SSSR count). The van der Waals surface area contributed by atoms with Crippen molar-refractivity contribution >= 4 is 10.0 Å². The molecule has 0 aromatic heterocycles. The Hall–Kier alpha value is -1.52. The maximum atomic E-state index is 12.6. The number of rotatable bonds is 3. The first kappa shape index (κ1) is 15.5. The Bertz CT molecular complexity index is 597. The quantitative estimate of drug-likeness (QED) is 0.866. The molecule has 0 aliphatic rings. The van der Waals surface area contributed by atoms with Crippen molar-refractivity contribution in [3.05, 3.63) is 35.4 Å². The van der Waals surface area contributed by atoms with Crippen LogP contribution in [0.4, 0.5) is 13.2 Å². The van der Waals surface area contributed by atoms with Gasteiger partial charge in [-0.1, -0.05) is 24.0 Å². The Morgan fingerprint density at radius 2 is 1.89 bits per heavy atom. The highest BCUT2D eigenvalue weighted by Gasteiger charge is 2.32. The molecule has 1 aromatic carbocycles. The first-order valence-corrected chi connectivity index (χ1v) is 7.04. The molecule has 19 heavy (non-hydrogen) atoms. The van der Waals surface area contributed by atoms with Gasteiger partial charge in [0.25, 0.3) is 0 Å². The van der Waals surface area contributed by atoms with Gasteiger partial charge in [0, 0.05) is 5.56 Å². The van der Waals surface area contributed by atoms with Crippen molar-refractivity contribution in [1.29, 1.82) is 0 Å². The van der Waals surface area contributed by atoms with Crippen molar-refractivity contribution in [2.24, 2.45) is 0 Å². The van der Waals surface area contributed by atoms with Crippen LogP contribution in [-0.4, -0.2) is 20.7 Å². The van der Waals surface area contributed by atoms with Crippen LogP contribution in [0.3, 0.4) is 0 Å². The molecule has 1 N–H and O–H groups in total. The minimum Gasteiger partial charge on any atom is -0.212 e. The zero-order chi connectivity index (χ0) is 14.5. The molecule has 1 aromatic rings. The van der Waals surface area contributed by atoms with Crippen LogP contribution in [0.15, 0.2) is 24.3 Å². The smallest absolute Gasteiger partial charge is 0.212 e. The van der Waals surface area contributed by atoms with Crippen LogP contribution in [0.5, 0.6) is 0 Å². The third-order valence-electron chi connectivity index (χ3n) is 2.22. The highest BCUT2D eigenvalue weighted by molar-refractivity contribution is 7.89. The fourth-order valence-electron chi connectivity index (χ4n) is 1.23. The van der Waals surface area contributed by atoms with Gasteiger partial charge < -0.3 is 0 Å². The van der Waals surface area contributed by atoms with Crippen molar-refractivity contribution in [1.82, 2.24) is 4.72 Å². The van der Waals surface area contributed by atoms with E-state index < -0.39 is 21.8 Å². The Labute approximate surface area is 109 Å². The summed E-state index contributed by atoms with van der Waals surface area (Å²) in [5, 5.41) is 0. The summed E-state index contributed by atoms with van der Waals surface area (Å²) in [4.78, 5) is 0. The average molecular weight is 291 g/mol. The standard InChI is InChI=1S/C12H12F3NO2S/c1-2-19(17,18)16-9-5-7-10-6-3-4-8-11(10)12(13,14)15/h3-4,6,8,16H,2,9H2,1H3. The number of benzene rings is 1. The number of halogens is 3. The van der Waals surface area contributed by atoms with E-state index in [2.05, 4.69) is 16.6 Å². The summed E-state index contributed by atoms with van der Waals surface area (Å²) >= 11 is 0. The molecule has 0 atom stereocenters. The van der Waals surface area contributed by atoms with E-state index in [9.17, 15) is 21.6 Å². The molecule has 0 saturated heterocycles. The van der Waals surface area contributed by atoms with Gasteiger partial charge in [0.15, 0.2) is 0 Å². The summed E-state index contributed by atoms with van der Waals surface area (Å²) in [5.41, 5.74) is -1.01. The van der Waals surface area contributed by atoms with Gasteiger partial charge in [0.05, 0.1) is 17.9 Å². The Kier molecular flexibility index (Phi) is 4.97. The van der Waals surface area contributed by atoms with Crippen molar-refractivity contribution in [3.8, 4) is 11.8 Å². The minimum atomic E-state index is -4.48. The molecule has 0 fully saturated rings. The SMILES string of the molecule is CCS(=O)(=O)NCC#Cc1ccccc1C(F)(F)F. The first-order chi connectivity index (χ1) is 8.76. The fourth-order valence-corrected chi connectivity index (χ4v) is 1.72. The Morgan fingerprint density at radius 3 is 2.47 bits per heavy atom. The van der Waals surface area contributed by atoms with Crippen molar-refractivity contribution < 1.29 is 21.6 Å². The summed E-state index contributed by atoms with van der Waals surface area (Å²) in [6.07, 6.45) is -4.48. The second-order valence-corrected chi connectivity index (χ2v) is 5.67. The van der Waals surface area contributed by atoms with E-state index in [-0.39, 0.29) is 17.9 Å². The molecule has 0 aliphatic carbocycles. The third kappa shape index (κ3) is 4.93. The van der Waals surface area contributed by atoms with Gasteiger partial charge in [-0.25, -0.2) is 13.1 Å². The number of hydrogen-bond donors (Lipinski definition) is 1. The molecule has 0 radical (unpaired) electrons. The molecule has 0 aliphatic heterocycles. The van der Waals surface area contributed by atoms with Crippen molar-refractivity contribution in [3.63, 3.8) is 0 Å². The Morgan fingerprint density at radius 1 is 1.26 bits per heavy atom. The zero-order valence-electron chi connectivity index (χ0n) is 10.1. The first-order valence-electron chi connectivity index (χ1n) is 5.38. The molecule has 0 spiro atoms. The van der Waals surface area contributed by atoms with Gasteiger partial charge in [-0.3, -0.25) is 0 Å². The molecule has 3 nitrogen and oxygen atoms in total. The van der Waals surface area contributed by atoms with Gasteiger partial charge >= 0.3 is 6.18 Å². The summed E-state index contributed by atoms with van der Waals surface area (Å²) < 4.78 is 62.2. The lowest BCUT2D eigenvalue weighted by molar-refractivity contribution is -0.137. The number of alkyl halides is 3. The van der Waals surface area contributed by atoms with Gasteiger partial charge in [-0.2, -0.15) is 13.2 Å². The predicted octanol–water partition coefficient (Wildman–Crippen LogP) is 2.00. The molecule has 0 heterocycles. The topological polar surface area (TPSA) is 46.2 Å². The highest BCUT2D eigenvalue weighted by atomic mass is 32.2. The molecule has 104 valence electrons. The lowest BCUT2D eigenvalue weighted by atomic mass is 10.1. The summed E-state index contributed by atoms with van der Waals surface area (Å²) in [5.74, 6) is 4.58. The normalized spacial score (nSPS) is 11.8. The maximum absolute atomic E-state index is 12.6. The molecular formula is C12H12F3NO2S. The third-order valence-corrected chi connectivity index (χ3v) is 3.56. The molecule has 0 saturated carbocycles. The summed E-state index contributed by atoms with van der Waals surface area (Å²) in [6.45, 7) is 1.23. The predicted molar refractivity (Wildman–Crippen MR) is 65.8 cm³/mol. The van der Waals surface area contributed by atoms with Crippen LogP contribution in [0.2, 0.25) is 0 Å². The minimum absolute atomic E-state index is 0.103. The van der Waals surface area contributed by atoms with E-state index in [1.54, 1.807) is 0 Å². The number of sulfonamides is 1. The monoisotopic (exact) mass is 291 g/mol. The number of hydrogen-bond acceptors (Lipinski definition) is 2. The highest BCUT2D eigenvalue weighted by Crippen LogP contribution is 2.31. The van der Waals surface area contributed by atoms with Gasteiger partial charge in [-0.15, -0.1) is 0 Å².